The number of thioether (sulfide) groups is 1. The quantitative estimate of drug-likeness (QED) is 0.232. The fourth-order valence-corrected chi connectivity index (χ4v) is 4.60. The van der Waals surface area contributed by atoms with E-state index in [-0.39, 0.29) is 22.4 Å². The van der Waals surface area contributed by atoms with Gasteiger partial charge in [0.15, 0.2) is 16.8 Å². The van der Waals surface area contributed by atoms with Gasteiger partial charge in [0.2, 0.25) is 5.91 Å². The number of carbonyl (C=O) groups excluding carboxylic acids is 2. The summed E-state index contributed by atoms with van der Waals surface area (Å²) in [7, 11) is 0. The van der Waals surface area contributed by atoms with E-state index in [1.54, 1.807) is 0 Å². The number of hydrogen-bond donors (Lipinski definition) is 1. The van der Waals surface area contributed by atoms with Crippen LogP contribution in [0.1, 0.15) is 56.1 Å². The van der Waals surface area contributed by atoms with Crippen LogP contribution in [-0.4, -0.2) is 38.2 Å². The zero-order chi connectivity index (χ0) is 25.6. The number of benzene rings is 2. The number of nitrogens with one attached hydrogen (secondary N) is 1. The minimum absolute atomic E-state index is 0.0349. The van der Waals surface area contributed by atoms with Crippen LogP contribution >= 0.6 is 11.8 Å². The summed E-state index contributed by atoms with van der Waals surface area (Å²) in [5.41, 5.74) is 4.04. The predicted octanol–water partition coefficient (Wildman–Crippen LogP) is 5.47. The van der Waals surface area contributed by atoms with Crippen LogP contribution in [-0.2, 0) is 23.2 Å². The predicted molar refractivity (Wildman–Crippen MR) is 143 cm³/mol. The third kappa shape index (κ3) is 6.92. The van der Waals surface area contributed by atoms with Gasteiger partial charge in [-0.25, -0.2) is 0 Å². The maximum absolute atomic E-state index is 13.1. The summed E-state index contributed by atoms with van der Waals surface area (Å²) in [4.78, 5) is 24.1. The molecule has 6 nitrogen and oxygen atoms in total. The van der Waals surface area contributed by atoms with Crippen molar-refractivity contribution in [3.63, 3.8) is 0 Å². The molecule has 0 spiro atoms. The molecule has 0 bridgehead atoms. The second-order valence-corrected chi connectivity index (χ2v) is 10.9. The van der Waals surface area contributed by atoms with Crippen molar-refractivity contribution in [3.8, 4) is 11.4 Å². The first-order valence-electron chi connectivity index (χ1n) is 11.8. The fourth-order valence-electron chi connectivity index (χ4n) is 3.67. The number of rotatable bonds is 10. The Hall–Kier alpha value is -3.19. The van der Waals surface area contributed by atoms with E-state index in [9.17, 15) is 9.59 Å². The van der Waals surface area contributed by atoms with Crippen LogP contribution in [0, 0.1) is 0 Å². The Kier molecular flexibility index (Phi) is 8.67. The molecule has 0 aliphatic rings. The lowest BCUT2D eigenvalue weighted by atomic mass is 9.87. The van der Waals surface area contributed by atoms with Crippen molar-refractivity contribution < 1.29 is 9.59 Å². The molecule has 0 saturated heterocycles. The highest BCUT2D eigenvalue weighted by molar-refractivity contribution is 8.00. The zero-order valence-electron chi connectivity index (χ0n) is 21.2. The number of ketones is 1. The van der Waals surface area contributed by atoms with Crippen molar-refractivity contribution in [1.29, 1.82) is 0 Å². The van der Waals surface area contributed by atoms with Crippen LogP contribution in [0.25, 0.3) is 11.4 Å². The molecule has 7 heteroatoms. The zero-order valence-corrected chi connectivity index (χ0v) is 22.0. The normalized spacial score (nSPS) is 12.3. The third-order valence-corrected chi connectivity index (χ3v) is 6.80. The molecule has 0 aliphatic carbocycles. The topological polar surface area (TPSA) is 76.9 Å². The number of allylic oxidation sites excluding steroid dienone is 1. The van der Waals surface area contributed by atoms with Crippen LogP contribution in [0.2, 0.25) is 0 Å². The summed E-state index contributed by atoms with van der Waals surface area (Å²) in [5, 5.41) is 12.0. The van der Waals surface area contributed by atoms with Crippen LogP contribution in [0.4, 0.5) is 0 Å². The van der Waals surface area contributed by atoms with Gasteiger partial charge < -0.3 is 5.32 Å². The van der Waals surface area contributed by atoms with Gasteiger partial charge in [0, 0.05) is 31.1 Å². The molecule has 35 heavy (non-hydrogen) atoms. The lowest BCUT2D eigenvalue weighted by molar-refractivity contribution is -0.118. The van der Waals surface area contributed by atoms with E-state index in [4.69, 9.17) is 0 Å². The maximum Gasteiger partial charge on any atom is 0.216 e. The molecule has 3 rings (SSSR count). The number of Topliss-reactive ketones (excluding diaryl/α,β-unsaturated/α-hetero) is 1. The van der Waals surface area contributed by atoms with Gasteiger partial charge in [-0.3, -0.25) is 14.2 Å². The van der Waals surface area contributed by atoms with E-state index < -0.39 is 0 Å². The summed E-state index contributed by atoms with van der Waals surface area (Å²) in [6.45, 7) is 15.0. The molecule has 1 heterocycles. The van der Waals surface area contributed by atoms with E-state index in [1.165, 1.54) is 24.2 Å². The highest BCUT2D eigenvalue weighted by atomic mass is 32.2. The lowest BCUT2D eigenvalue weighted by Crippen LogP contribution is -2.22. The molecule has 0 saturated carbocycles. The standard InChI is InChI=1S/C28H34N4O2S/c1-7-18-32-26(23-12-14-24(15-13-23)28(4,5)6)30-31-27(32)35-19(2)25(34)22-10-8-21(9-11-22)16-17-29-20(3)33/h7-15,19H,1,16-18H2,2-6H3,(H,29,33). The highest BCUT2D eigenvalue weighted by Gasteiger charge is 2.22. The van der Waals surface area contributed by atoms with E-state index in [0.29, 0.717) is 23.8 Å². The van der Waals surface area contributed by atoms with Gasteiger partial charge in [-0.15, -0.1) is 16.8 Å². The van der Waals surface area contributed by atoms with E-state index in [2.05, 4.69) is 67.1 Å². The van der Waals surface area contributed by atoms with Gasteiger partial charge in [-0.1, -0.05) is 87.1 Å². The fraction of sp³-hybridized carbons (Fsp3) is 0.357. The second kappa shape index (κ2) is 11.5. The van der Waals surface area contributed by atoms with Gasteiger partial charge in [-0.05, 0) is 29.9 Å². The van der Waals surface area contributed by atoms with Crippen LogP contribution in [0.15, 0.2) is 66.3 Å². The molecule has 1 unspecified atom stereocenters. The average molecular weight is 491 g/mol. The van der Waals surface area contributed by atoms with Gasteiger partial charge in [0.1, 0.15) is 0 Å². The SMILES string of the molecule is C=CCn1c(SC(C)C(=O)c2ccc(CCNC(C)=O)cc2)nnc1-c1ccc(C(C)(C)C)cc1. The number of aromatic nitrogens is 3. The number of carbonyl (C=O) groups is 2. The molecule has 1 N–H and O–H groups in total. The lowest BCUT2D eigenvalue weighted by Gasteiger charge is -2.19. The Balaban J connectivity index is 1.73. The minimum Gasteiger partial charge on any atom is -0.356 e. The summed E-state index contributed by atoms with van der Waals surface area (Å²) < 4.78 is 2.00. The van der Waals surface area contributed by atoms with E-state index in [0.717, 1.165) is 23.4 Å². The molecule has 2 aromatic carbocycles. The van der Waals surface area contributed by atoms with Crippen molar-refractivity contribution in [2.45, 2.75) is 63.4 Å². The summed E-state index contributed by atoms with van der Waals surface area (Å²) >= 11 is 1.40. The van der Waals surface area contributed by atoms with Crippen molar-refractivity contribution in [2.24, 2.45) is 0 Å². The third-order valence-electron chi connectivity index (χ3n) is 5.72. The molecule has 184 valence electrons. The molecule has 0 radical (unpaired) electrons. The molecule has 1 aromatic heterocycles. The van der Waals surface area contributed by atoms with Crippen LogP contribution < -0.4 is 5.32 Å². The van der Waals surface area contributed by atoms with Gasteiger partial charge >= 0.3 is 0 Å². The Morgan fingerprint density at radius 1 is 1.09 bits per heavy atom. The number of amides is 1. The highest BCUT2D eigenvalue weighted by Crippen LogP contribution is 2.30. The molecule has 0 aliphatic heterocycles. The smallest absolute Gasteiger partial charge is 0.216 e. The molecule has 3 aromatic rings. The summed E-state index contributed by atoms with van der Waals surface area (Å²) in [6.07, 6.45) is 2.54. The molecular weight excluding hydrogens is 456 g/mol. The molecule has 0 fully saturated rings. The molecular formula is C28H34N4O2S. The van der Waals surface area contributed by atoms with E-state index >= 15 is 0 Å². The van der Waals surface area contributed by atoms with Gasteiger partial charge in [0.25, 0.3) is 0 Å². The summed E-state index contributed by atoms with van der Waals surface area (Å²) in [6, 6.07) is 16.0. The minimum atomic E-state index is -0.330. The monoisotopic (exact) mass is 490 g/mol. The maximum atomic E-state index is 13.1. The van der Waals surface area contributed by atoms with Crippen molar-refractivity contribution in [1.82, 2.24) is 20.1 Å². The Morgan fingerprint density at radius 3 is 2.31 bits per heavy atom. The summed E-state index contributed by atoms with van der Waals surface area (Å²) in [5.74, 6) is 0.751. The van der Waals surface area contributed by atoms with Crippen LogP contribution in [0.3, 0.4) is 0 Å². The molecule has 1 amide bonds. The van der Waals surface area contributed by atoms with Crippen molar-refractivity contribution in [3.05, 3.63) is 77.9 Å². The first-order valence-corrected chi connectivity index (χ1v) is 12.7. The average Bonchev–Trinajstić information content (AvgIpc) is 3.20. The Morgan fingerprint density at radius 2 is 1.74 bits per heavy atom. The Bertz CT molecular complexity index is 1180. The van der Waals surface area contributed by atoms with Gasteiger partial charge in [0.05, 0.1) is 5.25 Å². The van der Waals surface area contributed by atoms with Crippen LogP contribution in [0.5, 0.6) is 0 Å². The van der Waals surface area contributed by atoms with Crippen molar-refractivity contribution >= 4 is 23.5 Å². The number of nitrogens with zero attached hydrogens (tertiary/aromatic N) is 3. The first-order chi connectivity index (χ1) is 16.6. The molecule has 1 atom stereocenters. The van der Waals surface area contributed by atoms with E-state index in [1.807, 2.05) is 41.8 Å². The van der Waals surface area contributed by atoms with Gasteiger partial charge in [-0.2, -0.15) is 0 Å². The largest absolute Gasteiger partial charge is 0.356 e. The Labute approximate surface area is 212 Å². The first kappa shape index (κ1) is 26.4. The second-order valence-electron chi connectivity index (χ2n) is 9.59. The number of hydrogen-bond acceptors (Lipinski definition) is 5. The van der Waals surface area contributed by atoms with Crippen molar-refractivity contribution in [2.75, 3.05) is 6.54 Å².